The Morgan fingerprint density at radius 1 is 1.39 bits per heavy atom. The molecule has 0 saturated heterocycles. The molecule has 1 aliphatic rings. The third kappa shape index (κ3) is 4.16. The summed E-state index contributed by atoms with van der Waals surface area (Å²) in [5.74, 6) is -0.272. The Labute approximate surface area is 138 Å². The zero-order valence-electron chi connectivity index (χ0n) is 12.9. The molecule has 0 unspecified atom stereocenters. The van der Waals surface area contributed by atoms with Crippen molar-refractivity contribution >= 4 is 28.9 Å². The number of aromatic nitrogens is 1. The maximum absolute atomic E-state index is 12.1. The van der Waals surface area contributed by atoms with E-state index in [1.54, 1.807) is 35.6 Å². The highest BCUT2D eigenvalue weighted by molar-refractivity contribution is 7.09. The number of benzene rings is 1. The van der Waals surface area contributed by atoms with Gasteiger partial charge in [0.25, 0.3) is 0 Å². The van der Waals surface area contributed by atoms with Gasteiger partial charge in [0.05, 0.1) is 16.3 Å². The smallest absolute Gasteiger partial charge is 0.338 e. The van der Waals surface area contributed by atoms with Crippen LogP contribution in [0.2, 0.25) is 0 Å². The standard InChI is InChI=1S/C17H18N2O3S/c1-2-15-18-14(10-23-15)9-22-17(21)12-4-3-5-13(8-12)19-16(20)11-6-7-11/h3-5,8,10-11H,2,6-7,9H2,1H3,(H,19,20). The summed E-state index contributed by atoms with van der Waals surface area (Å²) < 4.78 is 5.28. The molecule has 0 atom stereocenters. The number of carbonyl (C=O) groups excluding carboxylic acids is 2. The van der Waals surface area contributed by atoms with Crippen LogP contribution in [0.5, 0.6) is 0 Å². The quantitative estimate of drug-likeness (QED) is 0.824. The van der Waals surface area contributed by atoms with E-state index in [0.29, 0.717) is 11.3 Å². The Hall–Kier alpha value is -2.21. The number of nitrogens with one attached hydrogen (secondary N) is 1. The van der Waals surface area contributed by atoms with E-state index in [1.165, 1.54) is 0 Å². The van der Waals surface area contributed by atoms with Gasteiger partial charge < -0.3 is 10.1 Å². The average molecular weight is 330 g/mol. The monoisotopic (exact) mass is 330 g/mol. The van der Waals surface area contributed by atoms with Gasteiger partial charge in [-0.1, -0.05) is 13.0 Å². The molecule has 1 amide bonds. The molecule has 1 N–H and O–H groups in total. The van der Waals surface area contributed by atoms with Crippen molar-refractivity contribution in [2.45, 2.75) is 32.8 Å². The largest absolute Gasteiger partial charge is 0.456 e. The van der Waals surface area contributed by atoms with Gasteiger partial charge in [-0.3, -0.25) is 4.79 Å². The second-order valence-corrected chi connectivity index (χ2v) is 6.45. The SMILES string of the molecule is CCc1nc(COC(=O)c2cccc(NC(=O)C3CC3)c2)cs1. The molecule has 23 heavy (non-hydrogen) atoms. The minimum atomic E-state index is -0.418. The van der Waals surface area contributed by atoms with E-state index in [0.717, 1.165) is 30.0 Å². The normalized spacial score (nSPS) is 13.6. The van der Waals surface area contributed by atoms with E-state index in [4.69, 9.17) is 4.74 Å². The molecule has 1 heterocycles. The van der Waals surface area contributed by atoms with Crippen LogP contribution in [0, 0.1) is 5.92 Å². The Kier molecular flexibility index (Phi) is 4.71. The van der Waals surface area contributed by atoms with E-state index in [9.17, 15) is 9.59 Å². The van der Waals surface area contributed by atoms with Crippen LogP contribution >= 0.6 is 11.3 Å². The lowest BCUT2D eigenvalue weighted by atomic mass is 10.2. The summed E-state index contributed by atoms with van der Waals surface area (Å²) >= 11 is 1.56. The van der Waals surface area contributed by atoms with Gasteiger partial charge in [-0.25, -0.2) is 9.78 Å². The molecular weight excluding hydrogens is 312 g/mol. The third-order valence-electron chi connectivity index (χ3n) is 3.57. The highest BCUT2D eigenvalue weighted by atomic mass is 32.1. The molecule has 0 spiro atoms. The number of nitrogens with zero attached hydrogens (tertiary/aromatic N) is 1. The van der Waals surface area contributed by atoms with E-state index < -0.39 is 5.97 Å². The molecular formula is C17H18N2O3S. The van der Waals surface area contributed by atoms with Gasteiger partial charge in [-0.05, 0) is 37.5 Å². The first kappa shape index (κ1) is 15.7. The van der Waals surface area contributed by atoms with Gasteiger partial charge in [0, 0.05) is 17.0 Å². The highest BCUT2D eigenvalue weighted by Gasteiger charge is 2.29. The zero-order chi connectivity index (χ0) is 16.2. The fourth-order valence-electron chi connectivity index (χ4n) is 2.11. The van der Waals surface area contributed by atoms with Crippen molar-refractivity contribution in [3.63, 3.8) is 0 Å². The number of anilines is 1. The van der Waals surface area contributed by atoms with Gasteiger partial charge in [0.2, 0.25) is 5.91 Å². The van der Waals surface area contributed by atoms with Crippen molar-refractivity contribution in [1.82, 2.24) is 4.98 Å². The van der Waals surface area contributed by atoms with Gasteiger partial charge in [-0.15, -0.1) is 11.3 Å². The average Bonchev–Trinajstić information content (AvgIpc) is 3.32. The lowest BCUT2D eigenvalue weighted by molar-refractivity contribution is -0.117. The Morgan fingerprint density at radius 3 is 2.91 bits per heavy atom. The Balaban J connectivity index is 1.58. The fraction of sp³-hybridized carbons (Fsp3) is 0.353. The lowest BCUT2D eigenvalue weighted by Crippen LogP contribution is -2.14. The number of amides is 1. The Morgan fingerprint density at radius 2 is 2.22 bits per heavy atom. The van der Waals surface area contributed by atoms with Crippen LogP contribution in [-0.4, -0.2) is 16.9 Å². The topological polar surface area (TPSA) is 68.3 Å². The van der Waals surface area contributed by atoms with E-state index in [1.807, 2.05) is 12.3 Å². The van der Waals surface area contributed by atoms with Crippen LogP contribution in [0.4, 0.5) is 5.69 Å². The van der Waals surface area contributed by atoms with E-state index >= 15 is 0 Å². The van der Waals surface area contributed by atoms with E-state index in [-0.39, 0.29) is 18.4 Å². The molecule has 2 aromatic rings. The summed E-state index contributed by atoms with van der Waals surface area (Å²) in [6, 6.07) is 6.82. The molecule has 3 rings (SSSR count). The van der Waals surface area contributed by atoms with Crippen molar-refractivity contribution in [2.24, 2.45) is 5.92 Å². The van der Waals surface area contributed by atoms with Crippen LogP contribution in [0.25, 0.3) is 0 Å². The maximum atomic E-state index is 12.1. The summed E-state index contributed by atoms with van der Waals surface area (Å²) in [6.45, 7) is 2.20. The van der Waals surface area contributed by atoms with Crippen molar-refractivity contribution < 1.29 is 14.3 Å². The number of rotatable bonds is 6. The molecule has 1 fully saturated rings. The van der Waals surface area contributed by atoms with Crippen molar-refractivity contribution in [2.75, 3.05) is 5.32 Å². The second kappa shape index (κ2) is 6.91. The number of esters is 1. The van der Waals surface area contributed by atoms with Gasteiger partial charge in [0.1, 0.15) is 6.61 Å². The lowest BCUT2D eigenvalue weighted by Gasteiger charge is -2.07. The van der Waals surface area contributed by atoms with Crippen molar-refractivity contribution in [1.29, 1.82) is 0 Å². The molecule has 1 aromatic carbocycles. The summed E-state index contributed by atoms with van der Waals surface area (Å²) in [6.07, 6.45) is 2.77. The molecule has 1 saturated carbocycles. The van der Waals surface area contributed by atoms with Crippen molar-refractivity contribution in [3.8, 4) is 0 Å². The van der Waals surface area contributed by atoms with Crippen LogP contribution in [0.1, 0.15) is 40.8 Å². The predicted octanol–water partition coefficient (Wildman–Crippen LogP) is 3.41. The maximum Gasteiger partial charge on any atom is 0.338 e. The molecule has 120 valence electrons. The minimum absolute atomic E-state index is 0.0186. The van der Waals surface area contributed by atoms with Crippen LogP contribution in [0.3, 0.4) is 0 Å². The van der Waals surface area contributed by atoms with Crippen LogP contribution in [-0.2, 0) is 22.6 Å². The second-order valence-electron chi connectivity index (χ2n) is 5.51. The summed E-state index contributed by atoms with van der Waals surface area (Å²) in [4.78, 5) is 28.2. The number of thiazole rings is 1. The third-order valence-corrected chi connectivity index (χ3v) is 4.61. The Bertz CT molecular complexity index is 722. The molecule has 1 aliphatic carbocycles. The first-order valence-corrected chi connectivity index (χ1v) is 8.55. The zero-order valence-corrected chi connectivity index (χ0v) is 13.7. The van der Waals surface area contributed by atoms with Gasteiger partial charge >= 0.3 is 5.97 Å². The molecule has 1 aromatic heterocycles. The number of carbonyl (C=O) groups is 2. The molecule has 0 bridgehead atoms. The molecule has 0 radical (unpaired) electrons. The number of ether oxygens (including phenoxy) is 1. The first-order chi connectivity index (χ1) is 11.2. The van der Waals surface area contributed by atoms with E-state index in [2.05, 4.69) is 10.3 Å². The number of hydrogen-bond acceptors (Lipinski definition) is 5. The summed E-state index contributed by atoms with van der Waals surface area (Å²) in [5, 5.41) is 5.76. The minimum Gasteiger partial charge on any atom is -0.456 e. The van der Waals surface area contributed by atoms with Crippen LogP contribution in [0.15, 0.2) is 29.6 Å². The van der Waals surface area contributed by atoms with Gasteiger partial charge in [0.15, 0.2) is 0 Å². The fourth-order valence-corrected chi connectivity index (χ4v) is 2.84. The summed E-state index contributed by atoms with van der Waals surface area (Å²) in [7, 11) is 0. The molecule has 0 aliphatic heterocycles. The number of hydrogen-bond donors (Lipinski definition) is 1. The number of aryl methyl sites for hydroxylation is 1. The van der Waals surface area contributed by atoms with Crippen LogP contribution < -0.4 is 5.32 Å². The van der Waals surface area contributed by atoms with Gasteiger partial charge in [-0.2, -0.15) is 0 Å². The van der Waals surface area contributed by atoms with Crippen molar-refractivity contribution in [3.05, 3.63) is 45.9 Å². The predicted molar refractivity (Wildman–Crippen MR) is 88.4 cm³/mol. The molecule has 6 heteroatoms. The first-order valence-electron chi connectivity index (χ1n) is 7.67. The summed E-state index contributed by atoms with van der Waals surface area (Å²) in [5.41, 5.74) is 1.81. The highest BCUT2D eigenvalue weighted by Crippen LogP contribution is 2.30. The molecule has 5 nitrogen and oxygen atoms in total.